The van der Waals surface area contributed by atoms with Gasteiger partial charge in [-0.05, 0) is 36.4 Å². The van der Waals surface area contributed by atoms with E-state index in [0.29, 0.717) is 33.7 Å². The number of hydrogen-bond acceptors (Lipinski definition) is 6. The smallest absolute Gasteiger partial charge is 0.262 e. The molecule has 0 spiro atoms. The number of fused-ring (bicyclic) bond motifs is 1. The summed E-state index contributed by atoms with van der Waals surface area (Å²) in [6, 6.07) is 11.5. The minimum absolute atomic E-state index is 0.0917. The van der Waals surface area contributed by atoms with E-state index in [4.69, 9.17) is 4.74 Å². The molecular weight excluding hydrogens is 437 g/mol. The van der Waals surface area contributed by atoms with Crippen LogP contribution in [0.25, 0.3) is 22.2 Å². The molecule has 0 radical (unpaired) electrons. The topological polar surface area (TPSA) is 126 Å². The summed E-state index contributed by atoms with van der Waals surface area (Å²) >= 11 is 0. The maximum Gasteiger partial charge on any atom is 0.262 e. The molecule has 0 saturated heterocycles. The van der Waals surface area contributed by atoms with E-state index < -0.39 is 15.8 Å². The predicted molar refractivity (Wildman–Crippen MR) is 117 cm³/mol. The number of nitrogens with one attached hydrogen (secondary N) is 3. The average molecular weight is 455 g/mol. The normalized spacial score (nSPS) is 11.3. The van der Waals surface area contributed by atoms with Crippen molar-refractivity contribution < 1.29 is 22.3 Å². The Morgan fingerprint density at radius 2 is 1.94 bits per heavy atom. The van der Waals surface area contributed by atoms with Crippen LogP contribution in [0.5, 0.6) is 5.75 Å². The second-order valence-corrected chi connectivity index (χ2v) is 8.50. The molecule has 0 bridgehead atoms. The Morgan fingerprint density at radius 1 is 1.16 bits per heavy atom. The Hall–Kier alpha value is -3.99. The number of pyridine rings is 1. The number of ether oxygens (including phenoxy) is 1. The van der Waals surface area contributed by atoms with Crippen molar-refractivity contribution >= 4 is 38.5 Å². The minimum Gasteiger partial charge on any atom is -0.496 e. The van der Waals surface area contributed by atoms with E-state index in [-0.39, 0.29) is 16.5 Å². The summed E-state index contributed by atoms with van der Waals surface area (Å²) in [5, 5.41) is 9.91. The number of carbonyl (C=O) groups excluding carboxylic acids is 1. The highest BCUT2D eigenvalue weighted by atomic mass is 32.2. The lowest BCUT2D eigenvalue weighted by Crippen LogP contribution is -2.14. The fourth-order valence-corrected chi connectivity index (χ4v) is 4.24. The molecule has 0 aliphatic heterocycles. The lowest BCUT2D eigenvalue weighted by Gasteiger charge is -2.13. The summed E-state index contributed by atoms with van der Waals surface area (Å²) in [7, 11) is -2.63. The second kappa shape index (κ2) is 8.27. The molecule has 2 aromatic heterocycles. The molecular formula is C21H18FN5O4S. The molecule has 0 atom stereocenters. The van der Waals surface area contributed by atoms with Gasteiger partial charge < -0.3 is 10.1 Å². The molecule has 4 aromatic rings. The summed E-state index contributed by atoms with van der Waals surface area (Å²) in [6.45, 7) is 1.36. The number of aromatic nitrogens is 3. The molecule has 11 heteroatoms. The number of H-pyrrole nitrogens is 1. The summed E-state index contributed by atoms with van der Waals surface area (Å²) < 4.78 is 47.4. The maximum absolute atomic E-state index is 14.0. The number of hydrogen-bond donors (Lipinski definition) is 3. The quantitative estimate of drug-likeness (QED) is 0.408. The third-order valence-electron chi connectivity index (χ3n) is 4.62. The zero-order chi connectivity index (χ0) is 22.9. The van der Waals surface area contributed by atoms with Crippen LogP contribution >= 0.6 is 0 Å². The Bertz CT molecular complexity index is 1440. The highest BCUT2D eigenvalue weighted by Crippen LogP contribution is 2.34. The van der Waals surface area contributed by atoms with Crippen molar-refractivity contribution in [3.8, 4) is 16.9 Å². The zero-order valence-electron chi connectivity index (χ0n) is 17.0. The van der Waals surface area contributed by atoms with Crippen LogP contribution in [0.15, 0.2) is 59.6 Å². The van der Waals surface area contributed by atoms with Gasteiger partial charge in [0.15, 0.2) is 5.65 Å². The van der Waals surface area contributed by atoms with Gasteiger partial charge in [0.1, 0.15) is 17.4 Å². The van der Waals surface area contributed by atoms with Gasteiger partial charge in [-0.15, -0.1) is 0 Å². The van der Waals surface area contributed by atoms with Crippen LogP contribution in [-0.4, -0.2) is 36.6 Å². The van der Waals surface area contributed by atoms with Crippen LogP contribution in [0.1, 0.15) is 6.92 Å². The first kappa shape index (κ1) is 21.2. The van der Waals surface area contributed by atoms with Crippen LogP contribution in [0.2, 0.25) is 0 Å². The molecule has 0 aliphatic rings. The van der Waals surface area contributed by atoms with Crippen LogP contribution in [-0.2, 0) is 14.8 Å². The van der Waals surface area contributed by atoms with E-state index in [0.717, 1.165) is 6.07 Å². The SMILES string of the molecule is COc1ccc(S(=O)(=O)Nc2ccccc2F)cc1-c1cnc2n[nH]c(NC(C)=O)c2c1. The molecule has 0 unspecified atom stereocenters. The van der Waals surface area contributed by atoms with Crippen molar-refractivity contribution in [1.82, 2.24) is 15.2 Å². The first-order valence-electron chi connectivity index (χ1n) is 9.36. The number of sulfonamides is 1. The van der Waals surface area contributed by atoms with Crippen LogP contribution in [0, 0.1) is 5.82 Å². The highest BCUT2D eigenvalue weighted by molar-refractivity contribution is 7.92. The first-order valence-corrected chi connectivity index (χ1v) is 10.8. The fraction of sp³-hybridized carbons (Fsp3) is 0.0952. The molecule has 0 saturated carbocycles. The van der Waals surface area contributed by atoms with Gasteiger partial charge in [-0.2, -0.15) is 5.10 Å². The van der Waals surface area contributed by atoms with E-state index in [2.05, 4.69) is 25.2 Å². The number of rotatable bonds is 6. The third-order valence-corrected chi connectivity index (χ3v) is 5.98. The summed E-state index contributed by atoms with van der Waals surface area (Å²) in [5.74, 6) is -0.206. The van der Waals surface area contributed by atoms with E-state index in [1.165, 1.54) is 56.6 Å². The summed E-state index contributed by atoms with van der Waals surface area (Å²) in [4.78, 5) is 15.6. The van der Waals surface area contributed by atoms with Gasteiger partial charge in [0.2, 0.25) is 5.91 Å². The predicted octanol–water partition coefficient (Wildman–Crippen LogP) is 3.53. The van der Waals surface area contributed by atoms with E-state index in [1.54, 1.807) is 6.07 Å². The Labute approximate surface area is 182 Å². The zero-order valence-corrected chi connectivity index (χ0v) is 17.8. The summed E-state index contributed by atoms with van der Waals surface area (Å²) in [6.07, 6.45) is 1.51. The van der Waals surface area contributed by atoms with Crippen molar-refractivity contribution in [3.63, 3.8) is 0 Å². The molecule has 0 fully saturated rings. The summed E-state index contributed by atoms with van der Waals surface area (Å²) in [5.41, 5.74) is 1.19. The van der Waals surface area contributed by atoms with Gasteiger partial charge in [0.25, 0.3) is 10.0 Å². The standard InChI is InChI=1S/C21H18FN5O4S/c1-12(28)24-21-16-9-13(11-23-20(16)25-26-21)15-10-14(7-8-19(15)31-2)32(29,30)27-18-6-4-3-5-17(18)22/h3-11,27H,1-2H3,(H2,23,24,25,26,28). The lowest BCUT2D eigenvalue weighted by atomic mass is 10.1. The van der Waals surface area contributed by atoms with Crippen molar-refractivity contribution in [2.75, 3.05) is 17.1 Å². The largest absolute Gasteiger partial charge is 0.496 e. The molecule has 2 aromatic carbocycles. The van der Waals surface area contributed by atoms with Gasteiger partial charge in [-0.25, -0.2) is 17.8 Å². The van der Waals surface area contributed by atoms with Crippen LogP contribution < -0.4 is 14.8 Å². The van der Waals surface area contributed by atoms with Crippen molar-refractivity contribution in [2.45, 2.75) is 11.8 Å². The van der Waals surface area contributed by atoms with Crippen LogP contribution in [0.4, 0.5) is 15.9 Å². The van der Waals surface area contributed by atoms with E-state index >= 15 is 0 Å². The molecule has 3 N–H and O–H groups in total. The number of carbonyl (C=O) groups is 1. The Morgan fingerprint density at radius 3 is 2.66 bits per heavy atom. The van der Waals surface area contributed by atoms with E-state index in [9.17, 15) is 17.6 Å². The highest BCUT2D eigenvalue weighted by Gasteiger charge is 2.20. The molecule has 32 heavy (non-hydrogen) atoms. The Balaban J connectivity index is 1.79. The second-order valence-electron chi connectivity index (χ2n) is 6.82. The average Bonchev–Trinajstić information content (AvgIpc) is 3.16. The molecule has 1 amide bonds. The maximum atomic E-state index is 14.0. The van der Waals surface area contributed by atoms with E-state index in [1.807, 2.05) is 0 Å². The number of amides is 1. The number of para-hydroxylation sites is 1. The van der Waals surface area contributed by atoms with Gasteiger partial charge in [-0.3, -0.25) is 14.6 Å². The van der Waals surface area contributed by atoms with Gasteiger partial charge in [0.05, 0.1) is 23.1 Å². The molecule has 164 valence electrons. The Kier molecular flexibility index (Phi) is 5.49. The fourth-order valence-electron chi connectivity index (χ4n) is 3.15. The first-order chi connectivity index (χ1) is 15.3. The van der Waals surface area contributed by atoms with Crippen molar-refractivity contribution in [3.05, 3.63) is 60.5 Å². The van der Waals surface area contributed by atoms with Crippen LogP contribution in [0.3, 0.4) is 0 Å². The number of anilines is 2. The lowest BCUT2D eigenvalue weighted by molar-refractivity contribution is -0.114. The molecule has 9 nitrogen and oxygen atoms in total. The number of nitrogens with zero attached hydrogens (tertiary/aromatic N) is 2. The van der Waals surface area contributed by atoms with Crippen molar-refractivity contribution in [2.24, 2.45) is 0 Å². The number of halogens is 1. The van der Waals surface area contributed by atoms with Gasteiger partial charge in [-0.1, -0.05) is 12.1 Å². The number of benzene rings is 2. The minimum atomic E-state index is -4.09. The molecule has 4 rings (SSSR count). The van der Waals surface area contributed by atoms with Gasteiger partial charge >= 0.3 is 0 Å². The number of methoxy groups -OCH3 is 1. The van der Waals surface area contributed by atoms with Crippen molar-refractivity contribution in [1.29, 1.82) is 0 Å². The number of aromatic amines is 1. The molecule has 0 aliphatic carbocycles. The third kappa shape index (κ3) is 4.10. The van der Waals surface area contributed by atoms with Gasteiger partial charge in [0, 0.05) is 24.2 Å². The molecule has 2 heterocycles. The monoisotopic (exact) mass is 455 g/mol.